The number of nitrogens with one attached hydrogen (secondary N) is 1. The molecule has 2 saturated heterocycles. The molecule has 1 aromatic heterocycles. The summed E-state index contributed by atoms with van der Waals surface area (Å²) in [4.78, 5) is 42.7. The van der Waals surface area contributed by atoms with Crippen molar-refractivity contribution in [2.45, 2.75) is 39.3 Å². The smallest absolute Gasteiger partial charge is 0.234 e. The maximum atomic E-state index is 12.8. The first-order valence-corrected chi connectivity index (χ1v) is 10.1. The van der Waals surface area contributed by atoms with Crippen LogP contribution in [-0.4, -0.2) is 77.7 Å². The third kappa shape index (κ3) is 5.13. The first-order valence-electron chi connectivity index (χ1n) is 10.1. The van der Waals surface area contributed by atoms with E-state index in [1.807, 2.05) is 24.8 Å². The Hall–Kier alpha value is -2.35. The van der Waals surface area contributed by atoms with E-state index in [9.17, 15) is 14.4 Å². The molecule has 2 unspecified atom stereocenters. The number of amides is 3. The average molecular weight is 390 g/mol. The molecule has 1 aromatic rings. The number of hydrogen-bond donors (Lipinski definition) is 1. The summed E-state index contributed by atoms with van der Waals surface area (Å²) in [6, 6.07) is 3.81. The molecule has 0 bridgehead atoms. The fraction of sp³-hybridized carbons (Fsp3) is 0.650. The molecular weight excluding hydrogens is 360 g/mol. The molecule has 3 amide bonds. The van der Waals surface area contributed by atoms with Crippen LogP contribution in [0.3, 0.4) is 0 Å². The number of carbonyl (C=O) groups is 3. The first-order chi connectivity index (χ1) is 13.5. The van der Waals surface area contributed by atoms with E-state index in [2.05, 4.69) is 10.2 Å². The Balaban J connectivity index is 1.44. The van der Waals surface area contributed by atoms with Crippen molar-refractivity contribution in [1.82, 2.24) is 20.0 Å². The van der Waals surface area contributed by atoms with E-state index in [-0.39, 0.29) is 36.1 Å². The van der Waals surface area contributed by atoms with Crippen molar-refractivity contribution in [3.05, 3.63) is 24.2 Å². The summed E-state index contributed by atoms with van der Waals surface area (Å²) in [5, 5.41) is 2.97. The molecule has 1 N–H and O–H groups in total. The van der Waals surface area contributed by atoms with Crippen molar-refractivity contribution in [3.8, 4) is 0 Å². The van der Waals surface area contributed by atoms with Gasteiger partial charge in [0.25, 0.3) is 0 Å². The molecule has 0 radical (unpaired) electrons. The highest BCUT2D eigenvalue weighted by Gasteiger charge is 2.37. The number of nitrogens with zero attached hydrogens (tertiary/aromatic N) is 3. The molecule has 8 heteroatoms. The summed E-state index contributed by atoms with van der Waals surface area (Å²) in [6.45, 7) is 7.80. The van der Waals surface area contributed by atoms with E-state index in [0.29, 0.717) is 45.8 Å². The van der Waals surface area contributed by atoms with E-state index >= 15 is 0 Å². The predicted octanol–water partition coefficient (Wildman–Crippen LogP) is 0.687. The highest BCUT2D eigenvalue weighted by Crippen LogP contribution is 2.23. The van der Waals surface area contributed by atoms with Gasteiger partial charge in [-0.2, -0.15) is 0 Å². The summed E-state index contributed by atoms with van der Waals surface area (Å²) in [6.07, 6.45) is 2.75. The van der Waals surface area contributed by atoms with Crippen molar-refractivity contribution in [2.75, 3.05) is 39.3 Å². The summed E-state index contributed by atoms with van der Waals surface area (Å²) in [5.74, 6) is 0.506. The minimum atomic E-state index is -0.289. The van der Waals surface area contributed by atoms with Crippen LogP contribution in [0.5, 0.6) is 0 Å². The second-order valence-electron chi connectivity index (χ2n) is 7.73. The quantitative estimate of drug-likeness (QED) is 0.740. The van der Waals surface area contributed by atoms with Crippen LogP contribution >= 0.6 is 0 Å². The number of likely N-dealkylation sites (tertiary alicyclic amines) is 1. The van der Waals surface area contributed by atoms with Gasteiger partial charge in [-0.1, -0.05) is 6.92 Å². The second kappa shape index (κ2) is 9.23. The highest BCUT2D eigenvalue weighted by atomic mass is 16.3. The third-order valence-electron chi connectivity index (χ3n) is 5.56. The molecule has 3 rings (SSSR count). The zero-order valence-electron chi connectivity index (χ0n) is 16.7. The second-order valence-corrected chi connectivity index (χ2v) is 7.73. The molecule has 2 aliphatic rings. The topological polar surface area (TPSA) is 86.1 Å². The Labute approximate surface area is 165 Å². The van der Waals surface area contributed by atoms with Gasteiger partial charge < -0.3 is 19.5 Å². The molecule has 28 heavy (non-hydrogen) atoms. The fourth-order valence-electron chi connectivity index (χ4n) is 3.69. The van der Waals surface area contributed by atoms with Crippen LogP contribution in [0.15, 0.2) is 22.8 Å². The van der Waals surface area contributed by atoms with Gasteiger partial charge in [-0.15, -0.1) is 0 Å². The Morgan fingerprint density at radius 2 is 2.04 bits per heavy atom. The Kier molecular flexibility index (Phi) is 6.72. The van der Waals surface area contributed by atoms with Crippen LogP contribution in [0, 0.1) is 5.92 Å². The SMILES string of the molecule is CCC(C)NC(=O)CN1CCN(C(=O)C2CC(=O)N(Cc3ccco3)C2)CC1. The van der Waals surface area contributed by atoms with Crippen molar-refractivity contribution < 1.29 is 18.8 Å². The van der Waals surface area contributed by atoms with Gasteiger partial charge in [0.2, 0.25) is 17.7 Å². The van der Waals surface area contributed by atoms with Crippen molar-refractivity contribution >= 4 is 17.7 Å². The highest BCUT2D eigenvalue weighted by molar-refractivity contribution is 5.89. The lowest BCUT2D eigenvalue weighted by molar-refractivity contribution is -0.137. The van der Waals surface area contributed by atoms with E-state index in [1.54, 1.807) is 17.2 Å². The molecule has 0 aromatic carbocycles. The standard InChI is InChI=1S/C20H30N4O4/c1-3-15(2)21-18(25)14-22-6-8-23(9-7-22)20(27)16-11-19(26)24(12-16)13-17-5-4-10-28-17/h4-5,10,15-16H,3,6-9,11-14H2,1-2H3,(H,21,25). The number of furan rings is 1. The largest absolute Gasteiger partial charge is 0.467 e. The van der Waals surface area contributed by atoms with Crippen molar-refractivity contribution in [2.24, 2.45) is 5.92 Å². The van der Waals surface area contributed by atoms with Crippen molar-refractivity contribution in [1.29, 1.82) is 0 Å². The lowest BCUT2D eigenvalue weighted by Crippen LogP contribution is -2.53. The summed E-state index contributed by atoms with van der Waals surface area (Å²) in [5.41, 5.74) is 0. The molecular formula is C20H30N4O4. The third-order valence-corrected chi connectivity index (χ3v) is 5.56. The first kappa shape index (κ1) is 20.4. The molecule has 154 valence electrons. The Bertz CT molecular complexity index is 682. The monoisotopic (exact) mass is 390 g/mol. The normalized spacial score (nSPS) is 21.8. The van der Waals surface area contributed by atoms with Crippen LogP contribution in [0.4, 0.5) is 0 Å². The van der Waals surface area contributed by atoms with Crippen LogP contribution in [0.2, 0.25) is 0 Å². The van der Waals surface area contributed by atoms with E-state index in [4.69, 9.17) is 4.42 Å². The summed E-state index contributed by atoms with van der Waals surface area (Å²) >= 11 is 0. The zero-order chi connectivity index (χ0) is 20.1. The van der Waals surface area contributed by atoms with Gasteiger partial charge >= 0.3 is 0 Å². The van der Waals surface area contributed by atoms with Gasteiger partial charge in [0, 0.05) is 45.2 Å². The average Bonchev–Trinajstić information content (AvgIpc) is 3.32. The van der Waals surface area contributed by atoms with Crippen LogP contribution in [0.1, 0.15) is 32.4 Å². The molecule has 0 aliphatic carbocycles. The lowest BCUT2D eigenvalue weighted by Gasteiger charge is -2.35. The van der Waals surface area contributed by atoms with Crippen LogP contribution < -0.4 is 5.32 Å². The summed E-state index contributed by atoms with van der Waals surface area (Å²) in [7, 11) is 0. The molecule has 3 heterocycles. The molecule has 2 fully saturated rings. The van der Waals surface area contributed by atoms with Crippen LogP contribution in [-0.2, 0) is 20.9 Å². The van der Waals surface area contributed by atoms with E-state index in [0.717, 1.165) is 12.2 Å². The van der Waals surface area contributed by atoms with Gasteiger partial charge in [0.1, 0.15) is 5.76 Å². The van der Waals surface area contributed by atoms with Gasteiger partial charge in [-0.25, -0.2) is 0 Å². The minimum absolute atomic E-state index is 0.00454. The Morgan fingerprint density at radius 1 is 1.29 bits per heavy atom. The molecule has 0 spiro atoms. The lowest BCUT2D eigenvalue weighted by atomic mass is 10.1. The molecule has 8 nitrogen and oxygen atoms in total. The van der Waals surface area contributed by atoms with E-state index < -0.39 is 0 Å². The Morgan fingerprint density at radius 3 is 2.68 bits per heavy atom. The number of rotatable bonds is 7. The minimum Gasteiger partial charge on any atom is -0.467 e. The summed E-state index contributed by atoms with van der Waals surface area (Å²) < 4.78 is 5.30. The number of hydrogen-bond acceptors (Lipinski definition) is 5. The number of carbonyl (C=O) groups excluding carboxylic acids is 3. The van der Waals surface area contributed by atoms with Crippen LogP contribution in [0.25, 0.3) is 0 Å². The number of piperazine rings is 1. The van der Waals surface area contributed by atoms with Crippen molar-refractivity contribution in [3.63, 3.8) is 0 Å². The predicted molar refractivity (Wildman–Crippen MR) is 103 cm³/mol. The molecule has 0 saturated carbocycles. The fourth-order valence-corrected chi connectivity index (χ4v) is 3.69. The maximum Gasteiger partial charge on any atom is 0.234 e. The molecule has 2 atom stereocenters. The maximum absolute atomic E-state index is 12.8. The van der Waals surface area contributed by atoms with Gasteiger partial charge in [0.15, 0.2) is 0 Å². The van der Waals surface area contributed by atoms with E-state index in [1.165, 1.54) is 0 Å². The molecule has 2 aliphatic heterocycles. The van der Waals surface area contributed by atoms with Gasteiger partial charge in [0.05, 0.1) is 25.3 Å². The zero-order valence-corrected chi connectivity index (χ0v) is 16.7. The van der Waals surface area contributed by atoms with Gasteiger partial charge in [-0.3, -0.25) is 19.3 Å². The van der Waals surface area contributed by atoms with Gasteiger partial charge in [-0.05, 0) is 25.5 Å².